The number of allylic oxidation sites excluding steroid dienone is 4. The summed E-state index contributed by atoms with van der Waals surface area (Å²) in [6.07, 6.45) is 6.84. The summed E-state index contributed by atoms with van der Waals surface area (Å²) < 4.78 is 18.2. The van der Waals surface area contributed by atoms with Gasteiger partial charge in [-0.25, -0.2) is 0 Å². The van der Waals surface area contributed by atoms with Gasteiger partial charge in [-0.1, -0.05) is 39.3 Å². The summed E-state index contributed by atoms with van der Waals surface area (Å²) in [5.41, 5.74) is -1.27. The highest BCUT2D eigenvalue weighted by Gasteiger charge is 2.76. The lowest BCUT2D eigenvalue weighted by Crippen LogP contribution is -2.64. The van der Waals surface area contributed by atoms with Crippen molar-refractivity contribution in [2.75, 3.05) is 6.61 Å². The molecule has 0 amide bonds. The van der Waals surface area contributed by atoms with Crippen LogP contribution in [-0.2, 0) is 28.6 Å². The molecule has 4 aliphatic carbocycles. The summed E-state index contributed by atoms with van der Waals surface area (Å²) in [7, 11) is 0. The average molecular weight is 487 g/mol. The lowest BCUT2D eigenvalue weighted by atomic mass is 9.46. The number of fused-ring (bicyclic) bond motifs is 7. The Kier molecular flexibility index (Phi) is 5.56. The van der Waals surface area contributed by atoms with Crippen molar-refractivity contribution in [3.8, 4) is 0 Å². The third-order valence-corrected chi connectivity index (χ3v) is 9.72. The normalized spacial score (nSPS) is 45.3. The quantitative estimate of drug-likeness (QED) is 0.607. The zero-order valence-electron chi connectivity index (χ0n) is 21.6. The van der Waals surface area contributed by atoms with Crippen molar-refractivity contribution in [3.05, 3.63) is 23.8 Å². The molecule has 7 heteroatoms. The molecular formula is C28H38O7. The van der Waals surface area contributed by atoms with Gasteiger partial charge in [0.2, 0.25) is 5.78 Å². The van der Waals surface area contributed by atoms with E-state index in [0.29, 0.717) is 12.8 Å². The Morgan fingerprint density at radius 1 is 1.23 bits per heavy atom. The monoisotopic (exact) mass is 486 g/mol. The Hall–Kier alpha value is -1.83. The Bertz CT molecular complexity index is 1020. The number of ether oxygens (including phenoxy) is 3. The van der Waals surface area contributed by atoms with E-state index in [1.807, 2.05) is 19.9 Å². The van der Waals surface area contributed by atoms with Gasteiger partial charge in [0.15, 0.2) is 23.8 Å². The molecule has 5 rings (SSSR count). The number of rotatable bonds is 4. The van der Waals surface area contributed by atoms with Gasteiger partial charge >= 0.3 is 5.97 Å². The number of esters is 1. The molecule has 0 spiro atoms. The summed E-state index contributed by atoms with van der Waals surface area (Å²) in [6, 6.07) is 0. The molecule has 1 saturated heterocycles. The number of carbonyl (C=O) groups is 3. The molecule has 0 aromatic carbocycles. The molecule has 0 radical (unpaired) electrons. The summed E-state index contributed by atoms with van der Waals surface area (Å²) in [5.74, 6) is -1.82. The molecule has 0 aromatic rings. The second kappa shape index (κ2) is 7.83. The van der Waals surface area contributed by atoms with Crippen LogP contribution in [0.25, 0.3) is 0 Å². The van der Waals surface area contributed by atoms with Gasteiger partial charge in [0, 0.05) is 16.7 Å². The Morgan fingerprint density at radius 2 is 1.94 bits per heavy atom. The van der Waals surface area contributed by atoms with Gasteiger partial charge in [-0.3, -0.25) is 14.4 Å². The summed E-state index contributed by atoms with van der Waals surface area (Å²) in [4.78, 5) is 38.1. The van der Waals surface area contributed by atoms with Crippen LogP contribution in [-0.4, -0.2) is 52.8 Å². The van der Waals surface area contributed by atoms with Crippen molar-refractivity contribution in [1.29, 1.82) is 0 Å². The first-order chi connectivity index (χ1) is 16.2. The van der Waals surface area contributed by atoms with E-state index in [4.69, 9.17) is 14.2 Å². The third-order valence-electron chi connectivity index (χ3n) is 9.72. The molecule has 0 aromatic heterocycles. The first-order valence-corrected chi connectivity index (χ1v) is 13.0. The van der Waals surface area contributed by atoms with Gasteiger partial charge in [0.25, 0.3) is 0 Å². The number of hydrogen-bond acceptors (Lipinski definition) is 7. The molecule has 35 heavy (non-hydrogen) atoms. The number of aliphatic hydroxyl groups excluding tert-OH is 1. The van der Waals surface area contributed by atoms with E-state index < -0.39 is 35.0 Å². The predicted octanol–water partition coefficient (Wildman–Crippen LogP) is 3.53. The molecule has 7 nitrogen and oxygen atoms in total. The van der Waals surface area contributed by atoms with Crippen LogP contribution in [0, 0.1) is 34.5 Å². The van der Waals surface area contributed by atoms with Crippen LogP contribution in [0.2, 0.25) is 0 Å². The van der Waals surface area contributed by atoms with E-state index in [1.54, 1.807) is 26.0 Å². The van der Waals surface area contributed by atoms with Crippen molar-refractivity contribution >= 4 is 17.5 Å². The molecule has 3 saturated carbocycles. The summed E-state index contributed by atoms with van der Waals surface area (Å²) >= 11 is 0. The van der Waals surface area contributed by atoms with Crippen LogP contribution in [0.3, 0.4) is 0 Å². The van der Waals surface area contributed by atoms with Gasteiger partial charge in [-0.15, -0.1) is 0 Å². The largest absolute Gasteiger partial charge is 0.457 e. The maximum absolute atomic E-state index is 13.9. The SMILES string of the molecule is CC(C)C(=O)OCC(=O)[C@@]12OC(C)(C)O[C@@H]1C[C@H]1[C@@H]3CCC4=CC(=O)C=C[C@]4(C)C3C(O)C[C@@]12C. The average Bonchev–Trinajstić information content (AvgIpc) is 3.17. The second-order valence-corrected chi connectivity index (χ2v) is 12.5. The van der Waals surface area contributed by atoms with Crippen LogP contribution in [0.1, 0.15) is 67.2 Å². The van der Waals surface area contributed by atoms with E-state index >= 15 is 0 Å². The first-order valence-electron chi connectivity index (χ1n) is 13.0. The number of ketones is 2. The fourth-order valence-corrected chi connectivity index (χ4v) is 8.33. The topological polar surface area (TPSA) is 99.1 Å². The van der Waals surface area contributed by atoms with Crippen molar-refractivity contribution < 1.29 is 33.7 Å². The Morgan fingerprint density at radius 3 is 2.63 bits per heavy atom. The van der Waals surface area contributed by atoms with E-state index in [2.05, 4.69) is 13.8 Å². The number of hydrogen-bond donors (Lipinski definition) is 1. The standard InChI is InChI=1S/C28H38O7/c1-15(2)24(32)33-14-21(31)28-22(34-25(3,4)35-28)12-19-18-8-7-16-11-17(29)9-10-26(16,5)23(18)20(30)13-27(19,28)6/h9-11,15,18-20,22-23,30H,7-8,12-14H2,1-6H3/t18-,19-,20?,22+,23?,26-,27-,28+/m0/s1. The van der Waals surface area contributed by atoms with Gasteiger partial charge in [0.05, 0.1) is 18.1 Å². The summed E-state index contributed by atoms with van der Waals surface area (Å²) in [6.45, 7) is 10.9. The van der Waals surface area contributed by atoms with E-state index in [9.17, 15) is 19.5 Å². The highest BCUT2D eigenvalue weighted by Crippen LogP contribution is 2.70. The molecular weight excluding hydrogens is 448 g/mol. The van der Waals surface area contributed by atoms with Crippen LogP contribution in [0.4, 0.5) is 0 Å². The molecule has 8 atom stereocenters. The van der Waals surface area contributed by atoms with E-state index in [-0.39, 0.29) is 47.3 Å². The second-order valence-electron chi connectivity index (χ2n) is 12.5. The number of aliphatic hydroxyl groups is 1. The van der Waals surface area contributed by atoms with Crippen molar-refractivity contribution in [2.45, 2.75) is 90.8 Å². The molecule has 2 unspecified atom stereocenters. The molecule has 1 N–H and O–H groups in total. The highest BCUT2D eigenvalue weighted by atomic mass is 16.8. The molecule has 1 aliphatic heterocycles. The molecule has 5 aliphatic rings. The van der Waals surface area contributed by atoms with Gasteiger partial charge in [0.1, 0.15) is 0 Å². The lowest BCUT2D eigenvalue weighted by molar-refractivity contribution is -0.226. The van der Waals surface area contributed by atoms with Crippen molar-refractivity contribution in [1.82, 2.24) is 0 Å². The first kappa shape index (κ1) is 24.8. The van der Waals surface area contributed by atoms with Gasteiger partial charge < -0.3 is 19.3 Å². The molecule has 0 bridgehead atoms. The number of Topliss-reactive ketones (excluding diaryl/α,β-unsaturated/α-hetero) is 1. The van der Waals surface area contributed by atoms with E-state index in [0.717, 1.165) is 18.4 Å². The van der Waals surface area contributed by atoms with Gasteiger partial charge in [-0.2, -0.15) is 0 Å². The summed E-state index contributed by atoms with van der Waals surface area (Å²) in [5, 5.41) is 11.7. The van der Waals surface area contributed by atoms with Crippen LogP contribution >= 0.6 is 0 Å². The lowest BCUT2D eigenvalue weighted by Gasteiger charge is -2.59. The van der Waals surface area contributed by atoms with Crippen molar-refractivity contribution in [3.63, 3.8) is 0 Å². The maximum Gasteiger partial charge on any atom is 0.308 e. The van der Waals surface area contributed by atoms with Crippen LogP contribution in [0.5, 0.6) is 0 Å². The van der Waals surface area contributed by atoms with Crippen molar-refractivity contribution in [2.24, 2.45) is 34.5 Å². The zero-order valence-corrected chi connectivity index (χ0v) is 21.6. The fraction of sp³-hybridized carbons (Fsp3) is 0.750. The maximum atomic E-state index is 13.9. The third kappa shape index (κ3) is 3.37. The molecule has 1 heterocycles. The minimum Gasteiger partial charge on any atom is -0.457 e. The zero-order chi connectivity index (χ0) is 25.6. The van der Waals surface area contributed by atoms with Crippen LogP contribution in [0.15, 0.2) is 23.8 Å². The van der Waals surface area contributed by atoms with Gasteiger partial charge in [-0.05, 0) is 63.5 Å². The Balaban J connectivity index is 1.52. The Labute approximate surface area is 207 Å². The highest BCUT2D eigenvalue weighted by molar-refractivity contribution is 6.01. The number of carbonyl (C=O) groups excluding carboxylic acids is 3. The predicted molar refractivity (Wildman–Crippen MR) is 127 cm³/mol. The minimum atomic E-state index is -1.29. The molecule has 4 fully saturated rings. The van der Waals surface area contributed by atoms with Crippen LogP contribution < -0.4 is 0 Å². The fourth-order valence-electron chi connectivity index (χ4n) is 8.33. The smallest absolute Gasteiger partial charge is 0.308 e. The minimum absolute atomic E-state index is 0.00554. The molecule has 192 valence electrons. The van der Waals surface area contributed by atoms with E-state index in [1.165, 1.54) is 0 Å².